The van der Waals surface area contributed by atoms with Crippen LogP contribution in [0, 0.1) is 5.82 Å². The highest BCUT2D eigenvalue weighted by Gasteiger charge is 2.26. The molecule has 3 rings (SSSR count). The molecule has 1 aromatic carbocycles. The van der Waals surface area contributed by atoms with Crippen LogP contribution >= 0.6 is 0 Å². The van der Waals surface area contributed by atoms with Crippen LogP contribution in [0.1, 0.15) is 23.0 Å². The van der Waals surface area contributed by atoms with Gasteiger partial charge in [-0.25, -0.2) is 9.07 Å². The van der Waals surface area contributed by atoms with Gasteiger partial charge in [-0.05, 0) is 31.2 Å². The maximum absolute atomic E-state index is 13.0. The summed E-state index contributed by atoms with van der Waals surface area (Å²) in [6, 6.07) is 5.64. The molecule has 1 atom stereocenters. The van der Waals surface area contributed by atoms with Crippen LogP contribution in [0.2, 0.25) is 0 Å². The zero-order valence-corrected chi connectivity index (χ0v) is 13.7. The fourth-order valence-electron chi connectivity index (χ4n) is 2.23. The van der Waals surface area contributed by atoms with Crippen molar-refractivity contribution < 1.29 is 14.3 Å². The van der Waals surface area contributed by atoms with E-state index in [9.17, 15) is 14.3 Å². The van der Waals surface area contributed by atoms with Crippen molar-refractivity contribution in [1.29, 1.82) is 0 Å². The Morgan fingerprint density at radius 2 is 2.04 bits per heavy atom. The van der Waals surface area contributed by atoms with Crippen LogP contribution in [0.25, 0.3) is 5.69 Å². The molecule has 0 fully saturated rings. The summed E-state index contributed by atoms with van der Waals surface area (Å²) < 4.78 is 15.9. The van der Waals surface area contributed by atoms with Crippen LogP contribution in [0.5, 0.6) is 0 Å². The lowest BCUT2D eigenvalue weighted by molar-refractivity contribution is 0.0524. The predicted molar refractivity (Wildman–Crippen MR) is 86.4 cm³/mol. The molecule has 0 saturated heterocycles. The Bertz CT molecular complexity index is 884. The van der Waals surface area contributed by atoms with E-state index in [2.05, 4.69) is 20.7 Å². The maximum atomic E-state index is 13.0. The quantitative estimate of drug-likeness (QED) is 0.713. The van der Waals surface area contributed by atoms with Crippen molar-refractivity contribution in [3.05, 3.63) is 59.9 Å². The standard InChI is InChI=1S/C16H17FN6O2/c1-16(25,11-7-19-22(2)8-11)10-18-15(24)14-9-23(21-20-14)13-5-3-12(17)4-6-13/h3-9,25H,10H2,1-2H3,(H,18,24). The Hall–Kier alpha value is -3.07. The molecule has 1 amide bonds. The molecule has 0 saturated carbocycles. The van der Waals surface area contributed by atoms with E-state index in [-0.39, 0.29) is 18.1 Å². The molecule has 0 radical (unpaired) electrons. The number of hydrogen-bond acceptors (Lipinski definition) is 5. The second kappa shape index (κ2) is 6.44. The molecule has 8 nitrogen and oxygen atoms in total. The lowest BCUT2D eigenvalue weighted by Gasteiger charge is -2.21. The average Bonchev–Trinajstić information content (AvgIpc) is 3.23. The minimum Gasteiger partial charge on any atom is -0.383 e. The van der Waals surface area contributed by atoms with Gasteiger partial charge in [-0.2, -0.15) is 5.10 Å². The first-order valence-electron chi connectivity index (χ1n) is 7.53. The van der Waals surface area contributed by atoms with Gasteiger partial charge in [-0.3, -0.25) is 9.48 Å². The van der Waals surface area contributed by atoms with Crippen LogP contribution < -0.4 is 5.32 Å². The minimum absolute atomic E-state index is 0.0130. The van der Waals surface area contributed by atoms with Crippen molar-refractivity contribution in [2.75, 3.05) is 6.54 Å². The van der Waals surface area contributed by atoms with Gasteiger partial charge in [0.25, 0.3) is 5.91 Å². The molecule has 0 aliphatic carbocycles. The number of aromatic nitrogens is 5. The van der Waals surface area contributed by atoms with E-state index >= 15 is 0 Å². The van der Waals surface area contributed by atoms with Gasteiger partial charge in [0.2, 0.25) is 0 Å². The van der Waals surface area contributed by atoms with Gasteiger partial charge in [-0.1, -0.05) is 5.21 Å². The summed E-state index contributed by atoms with van der Waals surface area (Å²) in [4.78, 5) is 12.2. The van der Waals surface area contributed by atoms with Crippen molar-refractivity contribution in [3.63, 3.8) is 0 Å². The zero-order chi connectivity index (χ0) is 18.0. The normalized spacial score (nSPS) is 13.4. The van der Waals surface area contributed by atoms with Gasteiger partial charge in [-0.15, -0.1) is 5.10 Å². The van der Waals surface area contributed by atoms with Crippen LogP contribution in [-0.2, 0) is 12.6 Å². The Morgan fingerprint density at radius 1 is 1.32 bits per heavy atom. The molecule has 2 aromatic heterocycles. The number of benzene rings is 1. The van der Waals surface area contributed by atoms with Crippen LogP contribution in [0.4, 0.5) is 4.39 Å². The number of rotatable bonds is 5. The van der Waals surface area contributed by atoms with E-state index in [0.717, 1.165) is 0 Å². The van der Waals surface area contributed by atoms with Crippen molar-refractivity contribution in [3.8, 4) is 5.69 Å². The largest absolute Gasteiger partial charge is 0.383 e. The molecule has 3 aromatic rings. The number of amides is 1. The number of halogens is 1. The molecule has 0 spiro atoms. The number of hydrogen-bond donors (Lipinski definition) is 2. The van der Waals surface area contributed by atoms with Gasteiger partial charge in [0.15, 0.2) is 5.69 Å². The third-order valence-corrected chi connectivity index (χ3v) is 3.74. The smallest absolute Gasteiger partial charge is 0.273 e. The first-order chi connectivity index (χ1) is 11.8. The Kier molecular flexibility index (Phi) is 4.32. The molecule has 0 aliphatic heterocycles. The minimum atomic E-state index is -1.27. The fourth-order valence-corrected chi connectivity index (χ4v) is 2.23. The van der Waals surface area contributed by atoms with Crippen molar-refractivity contribution >= 4 is 5.91 Å². The summed E-state index contributed by atoms with van der Waals surface area (Å²) in [6.07, 6.45) is 4.65. The van der Waals surface area contributed by atoms with E-state index in [1.165, 1.54) is 41.3 Å². The van der Waals surface area contributed by atoms with E-state index in [1.807, 2.05) is 0 Å². The molecular formula is C16H17FN6O2. The van der Waals surface area contributed by atoms with Gasteiger partial charge < -0.3 is 10.4 Å². The molecule has 0 aliphatic rings. The Labute approximate surface area is 142 Å². The Morgan fingerprint density at radius 3 is 2.68 bits per heavy atom. The predicted octanol–water partition coefficient (Wildman–Crippen LogP) is 0.777. The zero-order valence-electron chi connectivity index (χ0n) is 13.7. The van der Waals surface area contributed by atoms with E-state index in [0.29, 0.717) is 11.3 Å². The average molecular weight is 344 g/mol. The summed E-state index contributed by atoms with van der Waals surface area (Å²) >= 11 is 0. The van der Waals surface area contributed by atoms with E-state index < -0.39 is 11.5 Å². The summed E-state index contributed by atoms with van der Waals surface area (Å²) in [5.41, 5.74) is -0.0106. The number of carbonyl (C=O) groups excluding carboxylic acids is 1. The lowest BCUT2D eigenvalue weighted by Crippen LogP contribution is -2.38. The number of carbonyl (C=O) groups is 1. The van der Waals surface area contributed by atoms with Crippen molar-refractivity contribution in [1.82, 2.24) is 30.1 Å². The van der Waals surface area contributed by atoms with Crippen LogP contribution in [0.3, 0.4) is 0 Å². The van der Waals surface area contributed by atoms with Crippen LogP contribution in [0.15, 0.2) is 42.9 Å². The summed E-state index contributed by atoms with van der Waals surface area (Å²) in [5, 5.41) is 24.7. The van der Waals surface area contributed by atoms with E-state index in [4.69, 9.17) is 0 Å². The van der Waals surface area contributed by atoms with Gasteiger partial charge in [0.1, 0.15) is 11.4 Å². The second-order valence-electron chi connectivity index (χ2n) is 5.88. The third-order valence-electron chi connectivity index (χ3n) is 3.74. The highest BCUT2D eigenvalue weighted by molar-refractivity contribution is 5.91. The topological polar surface area (TPSA) is 97.9 Å². The number of aryl methyl sites for hydroxylation is 1. The lowest BCUT2D eigenvalue weighted by atomic mass is 10.00. The van der Waals surface area contributed by atoms with Crippen molar-refractivity contribution in [2.45, 2.75) is 12.5 Å². The summed E-state index contributed by atoms with van der Waals surface area (Å²) in [6.45, 7) is 1.57. The molecule has 25 heavy (non-hydrogen) atoms. The highest BCUT2D eigenvalue weighted by Crippen LogP contribution is 2.18. The molecule has 2 N–H and O–H groups in total. The summed E-state index contributed by atoms with van der Waals surface area (Å²) in [5.74, 6) is -0.836. The first-order valence-corrected chi connectivity index (χ1v) is 7.53. The molecular weight excluding hydrogens is 327 g/mol. The SMILES string of the molecule is Cn1cc(C(C)(O)CNC(=O)c2cn(-c3ccc(F)cc3)nn2)cn1. The van der Waals surface area contributed by atoms with Crippen molar-refractivity contribution in [2.24, 2.45) is 7.05 Å². The highest BCUT2D eigenvalue weighted by atomic mass is 19.1. The first kappa shape index (κ1) is 16.8. The number of nitrogens with zero attached hydrogens (tertiary/aromatic N) is 5. The third kappa shape index (κ3) is 3.72. The molecule has 1 unspecified atom stereocenters. The Balaban J connectivity index is 1.67. The van der Waals surface area contributed by atoms with Crippen LogP contribution in [-0.4, -0.2) is 42.3 Å². The fraction of sp³-hybridized carbons (Fsp3) is 0.250. The molecule has 2 heterocycles. The molecule has 130 valence electrons. The monoisotopic (exact) mass is 344 g/mol. The van der Waals surface area contributed by atoms with Gasteiger partial charge in [0, 0.05) is 18.8 Å². The molecule has 9 heteroatoms. The second-order valence-corrected chi connectivity index (χ2v) is 5.88. The van der Waals surface area contributed by atoms with Gasteiger partial charge in [0.05, 0.1) is 24.6 Å². The van der Waals surface area contributed by atoms with E-state index in [1.54, 1.807) is 24.9 Å². The summed E-state index contributed by atoms with van der Waals surface area (Å²) in [7, 11) is 1.74. The maximum Gasteiger partial charge on any atom is 0.273 e. The number of aliphatic hydroxyl groups is 1. The number of nitrogens with one attached hydrogen (secondary N) is 1. The molecule has 0 bridgehead atoms. The van der Waals surface area contributed by atoms with Gasteiger partial charge >= 0.3 is 0 Å².